The number of ether oxygens (including phenoxy) is 2. The average molecular weight is 235 g/mol. The number of aliphatic hydroxyl groups is 1. The maximum absolute atomic E-state index is 8.71. The second-order valence-corrected chi connectivity index (χ2v) is 3.34. The third kappa shape index (κ3) is 3.99. The molecule has 0 aliphatic rings. The zero-order valence-corrected chi connectivity index (χ0v) is 9.90. The van der Waals surface area contributed by atoms with E-state index in [9.17, 15) is 0 Å². The summed E-state index contributed by atoms with van der Waals surface area (Å²) in [5.41, 5.74) is 0.952. The average Bonchev–Trinajstić information content (AvgIpc) is 2.37. The predicted molar refractivity (Wildman–Crippen MR) is 66.1 cm³/mol. The molecule has 0 bridgehead atoms. The highest BCUT2D eigenvalue weighted by molar-refractivity contribution is 5.46. The van der Waals surface area contributed by atoms with Crippen molar-refractivity contribution in [2.45, 2.75) is 6.54 Å². The number of para-hydroxylation sites is 1. The van der Waals surface area contributed by atoms with E-state index in [4.69, 9.17) is 21.0 Å². The summed E-state index contributed by atoms with van der Waals surface area (Å²) in [5, 5.41) is 11.8. The molecule has 0 saturated carbocycles. The number of hydrogen-bond donors (Lipinski definition) is 2. The lowest BCUT2D eigenvalue weighted by Crippen LogP contribution is -2.18. The summed E-state index contributed by atoms with van der Waals surface area (Å²) in [6.45, 7) is 1.43. The molecule has 4 nitrogen and oxygen atoms in total. The van der Waals surface area contributed by atoms with Crippen LogP contribution >= 0.6 is 0 Å². The van der Waals surface area contributed by atoms with Gasteiger partial charge in [0.2, 0.25) is 0 Å². The third-order valence-electron chi connectivity index (χ3n) is 2.18. The highest BCUT2D eigenvalue weighted by Gasteiger charge is 2.09. The van der Waals surface area contributed by atoms with Crippen LogP contribution in [-0.4, -0.2) is 32.0 Å². The first kappa shape index (κ1) is 13.4. The minimum Gasteiger partial charge on any atom is -0.493 e. The van der Waals surface area contributed by atoms with E-state index in [-0.39, 0.29) is 13.2 Å². The van der Waals surface area contributed by atoms with Gasteiger partial charge in [-0.25, -0.2) is 0 Å². The van der Waals surface area contributed by atoms with Crippen molar-refractivity contribution in [1.82, 2.24) is 5.32 Å². The fourth-order valence-electron chi connectivity index (χ4n) is 1.44. The molecule has 0 amide bonds. The Bertz CT molecular complexity index is 385. The smallest absolute Gasteiger partial charge is 0.167 e. The Labute approximate surface area is 102 Å². The van der Waals surface area contributed by atoms with Gasteiger partial charge in [0.05, 0.1) is 13.7 Å². The maximum atomic E-state index is 8.71. The quantitative estimate of drug-likeness (QED) is 0.542. The molecular weight excluding hydrogens is 218 g/mol. The molecule has 92 valence electrons. The first-order chi connectivity index (χ1) is 8.33. The minimum atomic E-state index is 0.102. The molecule has 1 aromatic rings. The zero-order chi connectivity index (χ0) is 12.5. The van der Waals surface area contributed by atoms with Gasteiger partial charge in [0, 0.05) is 18.7 Å². The Hall–Kier alpha value is -1.70. The summed E-state index contributed by atoms with van der Waals surface area (Å²) in [5.74, 6) is 3.73. The summed E-state index contributed by atoms with van der Waals surface area (Å²) < 4.78 is 10.7. The van der Waals surface area contributed by atoms with Gasteiger partial charge >= 0.3 is 0 Å². The Balaban J connectivity index is 2.82. The van der Waals surface area contributed by atoms with Crippen LogP contribution in [0.5, 0.6) is 11.5 Å². The second kappa shape index (κ2) is 7.55. The van der Waals surface area contributed by atoms with Gasteiger partial charge in [0.1, 0.15) is 6.61 Å². The van der Waals surface area contributed by atoms with Crippen LogP contribution in [0, 0.1) is 12.3 Å². The lowest BCUT2D eigenvalue weighted by atomic mass is 10.2. The molecule has 0 aliphatic heterocycles. The van der Waals surface area contributed by atoms with E-state index in [1.165, 1.54) is 0 Å². The highest BCUT2D eigenvalue weighted by atomic mass is 16.5. The van der Waals surface area contributed by atoms with Crippen molar-refractivity contribution < 1.29 is 14.6 Å². The van der Waals surface area contributed by atoms with Crippen LogP contribution in [0.2, 0.25) is 0 Å². The zero-order valence-electron chi connectivity index (χ0n) is 9.90. The molecule has 0 aliphatic carbocycles. The first-order valence-electron chi connectivity index (χ1n) is 5.37. The molecule has 0 aromatic heterocycles. The van der Waals surface area contributed by atoms with Crippen LogP contribution in [0.1, 0.15) is 5.56 Å². The molecule has 0 radical (unpaired) electrons. The van der Waals surface area contributed by atoms with Crippen molar-refractivity contribution in [3.8, 4) is 23.8 Å². The van der Waals surface area contributed by atoms with Crippen molar-refractivity contribution in [3.63, 3.8) is 0 Å². The van der Waals surface area contributed by atoms with Crippen LogP contribution in [-0.2, 0) is 6.54 Å². The molecule has 4 heteroatoms. The summed E-state index contributed by atoms with van der Waals surface area (Å²) >= 11 is 0. The molecule has 0 saturated heterocycles. The third-order valence-corrected chi connectivity index (χ3v) is 2.18. The van der Waals surface area contributed by atoms with Gasteiger partial charge in [-0.2, -0.15) is 0 Å². The van der Waals surface area contributed by atoms with Crippen LogP contribution in [0.4, 0.5) is 0 Å². The summed E-state index contributed by atoms with van der Waals surface area (Å²) in [6, 6.07) is 5.64. The Morgan fingerprint density at radius 2 is 2.29 bits per heavy atom. The van der Waals surface area contributed by atoms with E-state index < -0.39 is 0 Å². The summed E-state index contributed by atoms with van der Waals surface area (Å²) in [7, 11) is 1.59. The summed E-state index contributed by atoms with van der Waals surface area (Å²) in [4.78, 5) is 0. The molecule has 0 atom stereocenters. The van der Waals surface area contributed by atoms with Gasteiger partial charge in [-0.15, -0.1) is 6.42 Å². The van der Waals surface area contributed by atoms with Gasteiger partial charge in [-0.05, 0) is 6.07 Å². The fraction of sp³-hybridized carbons (Fsp3) is 0.385. The van der Waals surface area contributed by atoms with Gasteiger partial charge < -0.3 is 19.9 Å². The molecular formula is C13H17NO3. The molecule has 0 heterocycles. The van der Waals surface area contributed by atoms with E-state index in [0.29, 0.717) is 24.6 Å². The van der Waals surface area contributed by atoms with Crippen molar-refractivity contribution in [2.75, 3.05) is 26.9 Å². The van der Waals surface area contributed by atoms with Gasteiger partial charge in [-0.1, -0.05) is 18.1 Å². The second-order valence-electron chi connectivity index (χ2n) is 3.34. The van der Waals surface area contributed by atoms with Crippen molar-refractivity contribution in [2.24, 2.45) is 0 Å². The largest absolute Gasteiger partial charge is 0.493 e. The SMILES string of the molecule is C#CCOc1c(CNCCO)cccc1OC. The Kier molecular flexibility index (Phi) is 5.94. The number of methoxy groups -OCH3 is 1. The number of benzene rings is 1. The number of hydrogen-bond acceptors (Lipinski definition) is 4. The molecule has 1 rings (SSSR count). The standard InChI is InChI=1S/C13H17NO3/c1-3-9-17-13-11(10-14-7-8-15)5-4-6-12(13)16-2/h1,4-6,14-15H,7-10H2,2H3. The maximum Gasteiger partial charge on any atom is 0.167 e. The number of terminal acetylenes is 1. The highest BCUT2D eigenvalue weighted by Crippen LogP contribution is 2.30. The fourth-order valence-corrected chi connectivity index (χ4v) is 1.44. The van der Waals surface area contributed by atoms with Crippen molar-refractivity contribution in [1.29, 1.82) is 0 Å². The molecule has 0 fully saturated rings. The lowest BCUT2D eigenvalue weighted by Gasteiger charge is -2.13. The number of nitrogens with one attached hydrogen (secondary N) is 1. The minimum absolute atomic E-state index is 0.102. The molecule has 0 unspecified atom stereocenters. The molecule has 17 heavy (non-hydrogen) atoms. The Morgan fingerprint density at radius 1 is 1.47 bits per heavy atom. The molecule has 0 spiro atoms. The van der Waals surface area contributed by atoms with E-state index in [2.05, 4.69) is 11.2 Å². The van der Waals surface area contributed by atoms with Gasteiger partial charge in [0.15, 0.2) is 11.5 Å². The number of rotatable bonds is 7. The molecule has 1 aromatic carbocycles. The summed E-state index contributed by atoms with van der Waals surface area (Å²) in [6.07, 6.45) is 5.18. The van der Waals surface area contributed by atoms with Crippen molar-refractivity contribution >= 4 is 0 Å². The van der Waals surface area contributed by atoms with Crippen LogP contribution in [0.15, 0.2) is 18.2 Å². The van der Waals surface area contributed by atoms with Crippen molar-refractivity contribution in [3.05, 3.63) is 23.8 Å². The number of aliphatic hydroxyl groups excluding tert-OH is 1. The van der Waals surface area contributed by atoms with E-state index in [0.717, 1.165) is 5.56 Å². The Morgan fingerprint density at radius 3 is 2.94 bits per heavy atom. The van der Waals surface area contributed by atoms with Gasteiger partial charge in [0.25, 0.3) is 0 Å². The van der Waals surface area contributed by atoms with Crippen LogP contribution < -0.4 is 14.8 Å². The van der Waals surface area contributed by atoms with Crippen LogP contribution in [0.25, 0.3) is 0 Å². The first-order valence-corrected chi connectivity index (χ1v) is 5.37. The van der Waals surface area contributed by atoms with Crippen LogP contribution in [0.3, 0.4) is 0 Å². The normalized spacial score (nSPS) is 9.71. The monoisotopic (exact) mass is 235 g/mol. The van der Waals surface area contributed by atoms with Gasteiger partial charge in [-0.3, -0.25) is 0 Å². The lowest BCUT2D eigenvalue weighted by molar-refractivity contribution is 0.290. The van der Waals surface area contributed by atoms with E-state index in [1.54, 1.807) is 7.11 Å². The van der Waals surface area contributed by atoms with E-state index in [1.807, 2.05) is 18.2 Å². The molecule has 2 N–H and O–H groups in total. The predicted octanol–water partition coefficient (Wildman–Crippen LogP) is 0.789. The van der Waals surface area contributed by atoms with E-state index >= 15 is 0 Å². The topological polar surface area (TPSA) is 50.7 Å².